The Morgan fingerprint density at radius 1 is 0.818 bits per heavy atom. The van der Waals surface area contributed by atoms with Crippen molar-refractivity contribution in [1.82, 2.24) is 16.2 Å². The molecule has 0 saturated heterocycles. The van der Waals surface area contributed by atoms with Crippen LogP contribution in [0.25, 0.3) is 0 Å². The molecule has 0 unspecified atom stereocenters. The number of rotatable bonds is 10. The van der Waals surface area contributed by atoms with Crippen LogP contribution < -0.4 is 26.2 Å². The predicted molar refractivity (Wildman–Crippen MR) is 132 cm³/mol. The van der Waals surface area contributed by atoms with Crippen LogP contribution in [0.3, 0.4) is 0 Å². The van der Waals surface area contributed by atoms with E-state index in [1.807, 2.05) is 0 Å². The van der Waals surface area contributed by atoms with Crippen molar-refractivity contribution in [1.29, 1.82) is 0 Å². The van der Waals surface area contributed by atoms with Gasteiger partial charge in [-0.05, 0) is 67.2 Å². The van der Waals surface area contributed by atoms with Crippen LogP contribution in [0.15, 0.2) is 48.5 Å². The Kier molecular flexibility index (Phi) is 10.8. The van der Waals surface area contributed by atoms with Crippen molar-refractivity contribution in [2.75, 3.05) is 11.9 Å². The van der Waals surface area contributed by atoms with Gasteiger partial charge in [-0.3, -0.25) is 30.6 Å². The third kappa shape index (κ3) is 9.28. The van der Waals surface area contributed by atoms with Crippen LogP contribution in [0, 0.1) is 0 Å². The van der Waals surface area contributed by atoms with Crippen molar-refractivity contribution in [2.45, 2.75) is 46.0 Å². The van der Waals surface area contributed by atoms with Gasteiger partial charge in [-0.1, -0.05) is 33.1 Å². The van der Waals surface area contributed by atoms with Gasteiger partial charge in [-0.25, -0.2) is 0 Å². The minimum atomic E-state index is -0.444. The summed E-state index contributed by atoms with van der Waals surface area (Å²) in [5, 5.41) is 5.16. The maximum atomic E-state index is 12.3. The van der Waals surface area contributed by atoms with Crippen LogP contribution in [0.5, 0.6) is 5.75 Å². The van der Waals surface area contributed by atoms with Crippen molar-refractivity contribution in [3.05, 3.63) is 59.7 Å². The quantitative estimate of drug-likeness (QED) is 0.238. The SMILES string of the molecule is CCCCCCOc1ccc(C(=O)NC(=S)NNC(=O)c2ccc(NC(=O)CC)cc2)cc1. The van der Waals surface area contributed by atoms with E-state index < -0.39 is 11.8 Å². The highest BCUT2D eigenvalue weighted by Gasteiger charge is 2.10. The minimum Gasteiger partial charge on any atom is -0.494 e. The summed E-state index contributed by atoms with van der Waals surface area (Å²) in [6.07, 6.45) is 4.88. The summed E-state index contributed by atoms with van der Waals surface area (Å²) in [5.74, 6) is -0.261. The maximum absolute atomic E-state index is 12.3. The Balaban J connectivity index is 1.75. The molecule has 0 spiro atoms. The number of anilines is 1. The first-order valence-corrected chi connectivity index (χ1v) is 11.4. The first kappa shape index (κ1) is 25.8. The fraction of sp³-hybridized carbons (Fsp3) is 0.333. The lowest BCUT2D eigenvalue weighted by molar-refractivity contribution is -0.115. The summed E-state index contributed by atoms with van der Waals surface area (Å²) in [5.41, 5.74) is 6.29. The van der Waals surface area contributed by atoms with Crippen molar-refractivity contribution in [3.8, 4) is 5.75 Å². The van der Waals surface area contributed by atoms with Crippen molar-refractivity contribution in [2.24, 2.45) is 0 Å². The van der Waals surface area contributed by atoms with Gasteiger partial charge >= 0.3 is 0 Å². The zero-order valence-corrected chi connectivity index (χ0v) is 19.7. The van der Waals surface area contributed by atoms with Gasteiger partial charge in [-0.2, -0.15) is 0 Å². The van der Waals surface area contributed by atoms with Gasteiger partial charge in [0.15, 0.2) is 5.11 Å². The van der Waals surface area contributed by atoms with E-state index in [0.717, 1.165) is 12.8 Å². The van der Waals surface area contributed by atoms with E-state index in [-0.39, 0.29) is 11.0 Å². The summed E-state index contributed by atoms with van der Waals surface area (Å²) >= 11 is 5.07. The van der Waals surface area contributed by atoms with Gasteiger partial charge in [-0.15, -0.1) is 0 Å². The van der Waals surface area contributed by atoms with Crippen molar-refractivity contribution in [3.63, 3.8) is 0 Å². The van der Waals surface area contributed by atoms with Crippen LogP contribution in [0.4, 0.5) is 5.69 Å². The fourth-order valence-electron chi connectivity index (χ4n) is 2.77. The molecule has 8 nitrogen and oxygen atoms in total. The van der Waals surface area contributed by atoms with E-state index in [1.165, 1.54) is 12.8 Å². The average Bonchev–Trinajstić information content (AvgIpc) is 2.83. The van der Waals surface area contributed by atoms with Crippen LogP contribution in [-0.2, 0) is 4.79 Å². The predicted octanol–water partition coefficient (Wildman–Crippen LogP) is 3.94. The molecule has 0 atom stereocenters. The molecular weight excluding hydrogens is 440 g/mol. The number of nitrogens with one attached hydrogen (secondary N) is 4. The normalized spacial score (nSPS) is 10.1. The lowest BCUT2D eigenvalue weighted by Crippen LogP contribution is -2.48. The first-order valence-electron chi connectivity index (χ1n) is 11.0. The molecule has 0 aliphatic heterocycles. The Morgan fingerprint density at radius 3 is 2.09 bits per heavy atom. The van der Waals surface area contributed by atoms with Crippen molar-refractivity contribution < 1.29 is 19.1 Å². The Bertz CT molecular complexity index is 946. The zero-order valence-electron chi connectivity index (χ0n) is 18.9. The third-order valence-electron chi connectivity index (χ3n) is 4.65. The summed E-state index contributed by atoms with van der Waals surface area (Å²) < 4.78 is 5.67. The third-order valence-corrected chi connectivity index (χ3v) is 4.86. The van der Waals surface area contributed by atoms with Gasteiger partial charge < -0.3 is 10.1 Å². The molecule has 2 rings (SSSR count). The largest absolute Gasteiger partial charge is 0.494 e. The molecule has 0 aliphatic carbocycles. The number of ether oxygens (including phenoxy) is 1. The lowest BCUT2D eigenvalue weighted by Gasteiger charge is -2.12. The number of carbonyl (C=O) groups is 3. The van der Waals surface area contributed by atoms with E-state index in [1.54, 1.807) is 55.5 Å². The molecule has 2 aromatic carbocycles. The molecule has 0 bridgehead atoms. The zero-order chi connectivity index (χ0) is 24.1. The molecule has 0 aromatic heterocycles. The number of carbonyl (C=O) groups excluding carboxylic acids is 3. The van der Waals surface area contributed by atoms with Crippen LogP contribution >= 0.6 is 12.2 Å². The first-order chi connectivity index (χ1) is 15.9. The molecule has 9 heteroatoms. The molecule has 33 heavy (non-hydrogen) atoms. The Morgan fingerprint density at radius 2 is 1.45 bits per heavy atom. The van der Waals surface area contributed by atoms with Crippen LogP contribution in [-0.4, -0.2) is 29.4 Å². The lowest BCUT2D eigenvalue weighted by atomic mass is 10.2. The average molecular weight is 471 g/mol. The monoisotopic (exact) mass is 470 g/mol. The number of hydrogen-bond donors (Lipinski definition) is 4. The molecule has 0 fully saturated rings. The fourth-order valence-corrected chi connectivity index (χ4v) is 2.91. The summed E-state index contributed by atoms with van der Waals surface area (Å²) in [7, 11) is 0. The Hall–Kier alpha value is -3.46. The van der Waals surface area contributed by atoms with Gasteiger partial charge in [0.25, 0.3) is 11.8 Å². The Labute approximate surface area is 199 Å². The molecular formula is C24H30N4O4S. The molecule has 0 saturated carbocycles. The molecule has 3 amide bonds. The molecule has 2 aromatic rings. The number of unbranched alkanes of at least 4 members (excludes halogenated alkanes) is 3. The summed E-state index contributed by atoms with van der Waals surface area (Å²) in [6.45, 7) is 4.56. The van der Waals surface area contributed by atoms with Gasteiger partial charge in [0.2, 0.25) is 5.91 Å². The summed E-state index contributed by atoms with van der Waals surface area (Å²) in [6, 6.07) is 13.2. The van der Waals surface area contributed by atoms with E-state index >= 15 is 0 Å². The van der Waals surface area contributed by atoms with E-state index in [0.29, 0.717) is 35.6 Å². The number of benzene rings is 2. The van der Waals surface area contributed by atoms with Crippen LogP contribution in [0.1, 0.15) is 66.7 Å². The summed E-state index contributed by atoms with van der Waals surface area (Å²) in [4.78, 5) is 36.0. The number of hydrogen-bond acceptors (Lipinski definition) is 5. The number of hydrazine groups is 1. The standard InChI is InChI=1S/C24H30N4O4S/c1-3-5-6-7-16-32-20-14-10-17(11-15-20)22(30)26-24(33)28-27-23(31)18-8-12-19(13-9-18)25-21(29)4-2/h8-15H,3-7,16H2,1-2H3,(H,25,29)(H,27,31)(H2,26,28,30,33). The highest BCUT2D eigenvalue weighted by molar-refractivity contribution is 7.80. The second kappa shape index (κ2) is 13.8. The highest BCUT2D eigenvalue weighted by atomic mass is 32.1. The molecule has 0 radical (unpaired) electrons. The number of amides is 3. The minimum absolute atomic E-state index is 0.0450. The topological polar surface area (TPSA) is 109 Å². The maximum Gasteiger partial charge on any atom is 0.269 e. The second-order valence-corrected chi connectivity index (χ2v) is 7.68. The van der Waals surface area contributed by atoms with Gasteiger partial charge in [0.1, 0.15) is 5.75 Å². The second-order valence-electron chi connectivity index (χ2n) is 7.27. The van der Waals surface area contributed by atoms with E-state index in [2.05, 4.69) is 28.4 Å². The molecule has 176 valence electrons. The smallest absolute Gasteiger partial charge is 0.269 e. The van der Waals surface area contributed by atoms with Gasteiger partial charge in [0, 0.05) is 23.2 Å². The van der Waals surface area contributed by atoms with Crippen LogP contribution in [0.2, 0.25) is 0 Å². The number of thiocarbonyl (C=S) groups is 1. The van der Waals surface area contributed by atoms with Crippen molar-refractivity contribution >= 4 is 40.7 Å². The molecule has 4 N–H and O–H groups in total. The molecule has 0 aliphatic rings. The highest BCUT2D eigenvalue weighted by Crippen LogP contribution is 2.13. The van der Waals surface area contributed by atoms with Gasteiger partial charge in [0.05, 0.1) is 6.61 Å². The molecule has 0 heterocycles. The van der Waals surface area contributed by atoms with E-state index in [9.17, 15) is 14.4 Å². The van der Waals surface area contributed by atoms with E-state index in [4.69, 9.17) is 17.0 Å².